The zero-order chi connectivity index (χ0) is 12.3. The summed E-state index contributed by atoms with van der Waals surface area (Å²) in [5.41, 5.74) is 6.72. The van der Waals surface area contributed by atoms with Crippen molar-refractivity contribution in [3.63, 3.8) is 0 Å². The quantitative estimate of drug-likeness (QED) is 0.868. The Bertz CT molecular complexity index is 357. The van der Waals surface area contributed by atoms with Crippen molar-refractivity contribution in [2.45, 2.75) is 38.2 Å². The van der Waals surface area contributed by atoms with Crippen LogP contribution in [0.2, 0.25) is 5.02 Å². The molecule has 1 atom stereocenters. The lowest BCUT2D eigenvalue weighted by molar-refractivity contribution is 0.000701. The topological polar surface area (TPSA) is 46.2 Å². The third kappa shape index (κ3) is 2.65. The van der Waals surface area contributed by atoms with E-state index in [1.54, 1.807) is 0 Å². The van der Waals surface area contributed by atoms with Crippen LogP contribution in [0.4, 0.5) is 0 Å². The van der Waals surface area contributed by atoms with E-state index in [9.17, 15) is 5.11 Å². The molecule has 1 aliphatic carbocycles. The molecule has 1 aromatic rings. The molecule has 3 heteroatoms. The van der Waals surface area contributed by atoms with Gasteiger partial charge in [0, 0.05) is 17.0 Å². The van der Waals surface area contributed by atoms with Gasteiger partial charge < -0.3 is 10.8 Å². The smallest absolute Gasteiger partial charge is 0.0858 e. The Hall–Kier alpha value is -0.570. The molecular formula is C14H20ClNO. The lowest BCUT2D eigenvalue weighted by Crippen LogP contribution is -2.38. The molecule has 0 radical (unpaired) electrons. The van der Waals surface area contributed by atoms with Gasteiger partial charge in [-0.1, -0.05) is 43.0 Å². The number of rotatable bonds is 3. The van der Waals surface area contributed by atoms with Crippen LogP contribution in [0, 0.1) is 5.41 Å². The second-order valence-corrected chi connectivity index (χ2v) is 5.52. The van der Waals surface area contributed by atoms with Crippen molar-refractivity contribution in [2.75, 3.05) is 6.54 Å². The molecule has 0 heterocycles. The summed E-state index contributed by atoms with van der Waals surface area (Å²) in [7, 11) is 0. The third-order valence-corrected chi connectivity index (χ3v) is 4.27. The SMILES string of the molecule is NCC1(C(O)c2ccc(Cl)cc2)CCCCC1. The normalized spacial score (nSPS) is 21.1. The van der Waals surface area contributed by atoms with Crippen LogP contribution in [-0.4, -0.2) is 11.7 Å². The summed E-state index contributed by atoms with van der Waals surface area (Å²) < 4.78 is 0. The molecule has 0 aliphatic heterocycles. The summed E-state index contributed by atoms with van der Waals surface area (Å²) in [5.74, 6) is 0. The summed E-state index contributed by atoms with van der Waals surface area (Å²) in [6.07, 6.45) is 5.17. The molecule has 0 aromatic heterocycles. The van der Waals surface area contributed by atoms with Gasteiger partial charge in [-0.3, -0.25) is 0 Å². The van der Waals surface area contributed by atoms with E-state index < -0.39 is 6.10 Å². The van der Waals surface area contributed by atoms with Crippen LogP contribution < -0.4 is 5.73 Å². The van der Waals surface area contributed by atoms with Gasteiger partial charge >= 0.3 is 0 Å². The molecule has 94 valence electrons. The average Bonchev–Trinajstić information content (AvgIpc) is 2.39. The largest absolute Gasteiger partial charge is 0.388 e. The molecule has 1 unspecified atom stereocenters. The third-order valence-electron chi connectivity index (χ3n) is 4.02. The van der Waals surface area contributed by atoms with Crippen LogP contribution in [-0.2, 0) is 0 Å². The van der Waals surface area contributed by atoms with Gasteiger partial charge in [0.25, 0.3) is 0 Å². The molecular weight excluding hydrogens is 234 g/mol. The van der Waals surface area contributed by atoms with Crippen LogP contribution in [0.15, 0.2) is 24.3 Å². The molecule has 3 N–H and O–H groups in total. The number of aliphatic hydroxyl groups is 1. The van der Waals surface area contributed by atoms with E-state index in [0.29, 0.717) is 11.6 Å². The van der Waals surface area contributed by atoms with E-state index in [2.05, 4.69) is 0 Å². The first-order chi connectivity index (χ1) is 8.18. The number of hydrogen-bond acceptors (Lipinski definition) is 2. The number of hydrogen-bond donors (Lipinski definition) is 2. The van der Waals surface area contributed by atoms with Crippen LogP contribution in [0.25, 0.3) is 0 Å². The Morgan fingerprint density at radius 1 is 1.18 bits per heavy atom. The lowest BCUT2D eigenvalue weighted by Gasteiger charge is -2.40. The highest BCUT2D eigenvalue weighted by atomic mass is 35.5. The van der Waals surface area contributed by atoms with Gasteiger partial charge in [-0.15, -0.1) is 0 Å². The Kier molecular flexibility index (Phi) is 4.08. The number of nitrogens with two attached hydrogens (primary N) is 1. The molecule has 2 rings (SSSR count). The summed E-state index contributed by atoms with van der Waals surface area (Å²) in [4.78, 5) is 0. The fourth-order valence-corrected chi connectivity index (χ4v) is 2.97. The van der Waals surface area contributed by atoms with Gasteiger partial charge in [0.05, 0.1) is 6.10 Å². The molecule has 0 spiro atoms. The molecule has 1 saturated carbocycles. The molecule has 1 aliphatic rings. The number of aliphatic hydroxyl groups excluding tert-OH is 1. The fourth-order valence-electron chi connectivity index (χ4n) is 2.84. The van der Waals surface area contributed by atoms with Crippen LogP contribution in [0.5, 0.6) is 0 Å². The first kappa shape index (κ1) is 12.9. The first-order valence-corrected chi connectivity index (χ1v) is 6.69. The van der Waals surface area contributed by atoms with E-state index in [1.807, 2.05) is 24.3 Å². The predicted octanol–water partition coefficient (Wildman–Crippen LogP) is 3.28. The molecule has 2 nitrogen and oxygen atoms in total. The van der Waals surface area contributed by atoms with Crippen molar-refractivity contribution in [1.82, 2.24) is 0 Å². The Labute approximate surface area is 108 Å². The summed E-state index contributed by atoms with van der Waals surface area (Å²) in [6, 6.07) is 7.46. The van der Waals surface area contributed by atoms with E-state index in [-0.39, 0.29) is 5.41 Å². The highest BCUT2D eigenvalue weighted by Gasteiger charge is 2.38. The minimum absolute atomic E-state index is 0.133. The highest BCUT2D eigenvalue weighted by molar-refractivity contribution is 6.30. The van der Waals surface area contributed by atoms with Gasteiger partial charge in [0.15, 0.2) is 0 Å². The van der Waals surface area contributed by atoms with Gasteiger partial charge in [0.1, 0.15) is 0 Å². The maximum absolute atomic E-state index is 10.6. The van der Waals surface area contributed by atoms with Crippen LogP contribution >= 0.6 is 11.6 Å². The van der Waals surface area contributed by atoms with Gasteiger partial charge in [-0.05, 0) is 30.5 Å². The minimum Gasteiger partial charge on any atom is -0.388 e. The molecule has 0 amide bonds. The summed E-state index contributed by atoms with van der Waals surface area (Å²) in [5, 5.41) is 11.3. The van der Waals surface area contributed by atoms with Crippen molar-refractivity contribution in [1.29, 1.82) is 0 Å². The summed E-state index contributed by atoms with van der Waals surface area (Å²) in [6.45, 7) is 0.552. The van der Waals surface area contributed by atoms with Gasteiger partial charge in [0.2, 0.25) is 0 Å². The van der Waals surface area contributed by atoms with Crippen molar-refractivity contribution in [3.8, 4) is 0 Å². The zero-order valence-electron chi connectivity index (χ0n) is 10.0. The molecule has 0 bridgehead atoms. The van der Waals surface area contributed by atoms with E-state index in [1.165, 1.54) is 19.3 Å². The van der Waals surface area contributed by atoms with Crippen LogP contribution in [0.3, 0.4) is 0 Å². The average molecular weight is 254 g/mol. The molecule has 1 fully saturated rings. The van der Waals surface area contributed by atoms with Crippen molar-refractivity contribution in [3.05, 3.63) is 34.9 Å². The lowest BCUT2D eigenvalue weighted by atomic mass is 9.68. The maximum Gasteiger partial charge on any atom is 0.0858 e. The van der Waals surface area contributed by atoms with Gasteiger partial charge in [-0.25, -0.2) is 0 Å². The van der Waals surface area contributed by atoms with Gasteiger partial charge in [-0.2, -0.15) is 0 Å². The minimum atomic E-state index is -0.468. The molecule has 1 aromatic carbocycles. The van der Waals surface area contributed by atoms with Crippen molar-refractivity contribution < 1.29 is 5.11 Å². The first-order valence-electron chi connectivity index (χ1n) is 6.31. The monoisotopic (exact) mass is 253 g/mol. The van der Waals surface area contributed by atoms with Crippen molar-refractivity contribution >= 4 is 11.6 Å². The Balaban J connectivity index is 2.21. The second kappa shape index (κ2) is 5.38. The standard InChI is InChI=1S/C14H20ClNO/c15-12-6-4-11(5-7-12)13(17)14(10-16)8-2-1-3-9-14/h4-7,13,17H,1-3,8-10,16H2. The fraction of sp³-hybridized carbons (Fsp3) is 0.571. The Morgan fingerprint density at radius 2 is 1.76 bits per heavy atom. The molecule has 17 heavy (non-hydrogen) atoms. The predicted molar refractivity (Wildman–Crippen MR) is 71.0 cm³/mol. The number of halogens is 1. The Morgan fingerprint density at radius 3 is 2.29 bits per heavy atom. The molecule has 0 saturated heterocycles. The maximum atomic E-state index is 10.6. The van der Waals surface area contributed by atoms with Crippen molar-refractivity contribution in [2.24, 2.45) is 11.1 Å². The highest BCUT2D eigenvalue weighted by Crippen LogP contribution is 2.45. The second-order valence-electron chi connectivity index (χ2n) is 5.08. The zero-order valence-corrected chi connectivity index (χ0v) is 10.8. The van der Waals surface area contributed by atoms with E-state index >= 15 is 0 Å². The van der Waals surface area contributed by atoms with E-state index in [4.69, 9.17) is 17.3 Å². The summed E-state index contributed by atoms with van der Waals surface area (Å²) >= 11 is 5.86. The van der Waals surface area contributed by atoms with Crippen LogP contribution in [0.1, 0.15) is 43.8 Å². The number of benzene rings is 1. The van der Waals surface area contributed by atoms with E-state index in [0.717, 1.165) is 18.4 Å².